The van der Waals surface area contributed by atoms with Gasteiger partial charge in [0, 0.05) is 11.5 Å². The number of benzene rings is 2. The van der Waals surface area contributed by atoms with Crippen LogP contribution in [0.4, 0.5) is 5.69 Å². The van der Waals surface area contributed by atoms with Crippen LogP contribution in [0.3, 0.4) is 0 Å². The van der Waals surface area contributed by atoms with Gasteiger partial charge in [-0.3, -0.25) is 9.59 Å². The van der Waals surface area contributed by atoms with Gasteiger partial charge in [0.25, 0.3) is 0 Å². The Balaban J connectivity index is 1.80. The number of rotatable bonds is 3. The summed E-state index contributed by atoms with van der Waals surface area (Å²) in [5.74, 6) is -2.85. The first-order valence-electron chi connectivity index (χ1n) is 8.41. The Hall–Kier alpha value is -3.21. The van der Waals surface area contributed by atoms with Crippen LogP contribution in [0.15, 0.2) is 72.3 Å². The normalized spacial score (nSPS) is 24.4. The highest BCUT2D eigenvalue weighted by Gasteiger charge is 2.56. The van der Waals surface area contributed by atoms with E-state index in [0.717, 1.165) is 5.56 Å². The Kier molecular flexibility index (Phi) is 3.92. The van der Waals surface area contributed by atoms with Crippen LogP contribution in [0.1, 0.15) is 11.5 Å². The van der Waals surface area contributed by atoms with Crippen molar-refractivity contribution in [1.29, 1.82) is 0 Å². The van der Waals surface area contributed by atoms with E-state index in [1.54, 1.807) is 30.3 Å². The number of carbonyl (C=O) groups is 3. The summed E-state index contributed by atoms with van der Waals surface area (Å²) < 4.78 is 4.89. The molecule has 1 saturated heterocycles. The minimum atomic E-state index is -0.651. The van der Waals surface area contributed by atoms with E-state index < -0.39 is 23.7 Å². The highest BCUT2D eigenvalue weighted by atomic mass is 16.5. The van der Waals surface area contributed by atoms with E-state index in [4.69, 9.17) is 4.74 Å². The largest absolute Gasteiger partial charge is 0.466 e. The monoisotopic (exact) mass is 347 g/mol. The molecule has 0 unspecified atom stereocenters. The Labute approximate surface area is 150 Å². The van der Waals surface area contributed by atoms with Gasteiger partial charge in [-0.15, -0.1) is 0 Å². The number of fused-ring (bicyclic) bond motifs is 1. The summed E-state index contributed by atoms with van der Waals surface area (Å²) in [5, 5.41) is 0. The molecule has 0 radical (unpaired) electrons. The molecule has 5 heteroatoms. The molecular weight excluding hydrogens is 330 g/mol. The molecule has 0 spiro atoms. The van der Waals surface area contributed by atoms with Crippen LogP contribution in [0.5, 0.6) is 0 Å². The first-order chi connectivity index (χ1) is 12.6. The van der Waals surface area contributed by atoms with E-state index in [9.17, 15) is 14.4 Å². The summed E-state index contributed by atoms with van der Waals surface area (Å²) in [4.78, 5) is 39.6. The number of hydrogen-bond acceptors (Lipinski definition) is 4. The zero-order valence-electron chi connectivity index (χ0n) is 14.2. The smallest absolute Gasteiger partial charge is 0.334 e. The first kappa shape index (κ1) is 16.3. The van der Waals surface area contributed by atoms with Gasteiger partial charge in [-0.1, -0.05) is 54.6 Å². The lowest BCUT2D eigenvalue weighted by molar-refractivity contribution is -0.136. The Bertz CT molecular complexity index is 904. The Morgan fingerprint density at radius 3 is 2.15 bits per heavy atom. The van der Waals surface area contributed by atoms with Crippen LogP contribution in [0.2, 0.25) is 0 Å². The number of hydrogen-bond donors (Lipinski definition) is 0. The third-order valence-electron chi connectivity index (χ3n) is 5.05. The molecule has 2 aromatic rings. The van der Waals surface area contributed by atoms with Crippen molar-refractivity contribution in [2.24, 2.45) is 11.8 Å². The second-order valence-corrected chi connectivity index (χ2v) is 6.40. The van der Waals surface area contributed by atoms with Crippen molar-refractivity contribution in [2.75, 3.05) is 12.0 Å². The molecule has 2 aliphatic rings. The van der Waals surface area contributed by atoms with E-state index in [1.165, 1.54) is 12.0 Å². The van der Waals surface area contributed by atoms with E-state index >= 15 is 0 Å². The maximum absolute atomic E-state index is 13.2. The van der Waals surface area contributed by atoms with Crippen molar-refractivity contribution in [3.8, 4) is 0 Å². The highest BCUT2D eigenvalue weighted by molar-refractivity contribution is 6.24. The number of imide groups is 1. The molecule has 2 amide bonds. The lowest BCUT2D eigenvalue weighted by Gasteiger charge is -2.21. The number of para-hydroxylation sites is 1. The van der Waals surface area contributed by atoms with Crippen molar-refractivity contribution in [3.05, 3.63) is 77.9 Å². The maximum Gasteiger partial charge on any atom is 0.334 e. The van der Waals surface area contributed by atoms with Gasteiger partial charge in [-0.25, -0.2) is 9.69 Å². The zero-order valence-corrected chi connectivity index (χ0v) is 14.2. The summed E-state index contributed by atoms with van der Waals surface area (Å²) in [7, 11) is 1.30. The summed E-state index contributed by atoms with van der Waals surface area (Å²) in [5.41, 5.74) is 1.76. The van der Waals surface area contributed by atoms with E-state index in [2.05, 4.69) is 0 Å². The van der Waals surface area contributed by atoms with Gasteiger partial charge < -0.3 is 4.74 Å². The molecule has 26 heavy (non-hydrogen) atoms. The molecule has 5 nitrogen and oxygen atoms in total. The third kappa shape index (κ3) is 2.36. The van der Waals surface area contributed by atoms with Crippen molar-refractivity contribution in [2.45, 2.75) is 5.92 Å². The molecule has 1 heterocycles. The van der Waals surface area contributed by atoms with Crippen molar-refractivity contribution < 1.29 is 19.1 Å². The molecule has 2 aromatic carbocycles. The number of carbonyl (C=O) groups excluding carboxylic acids is 3. The Morgan fingerprint density at radius 2 is 1.54 bits per heavy atom. The molecule has 1 fully saturated rings. The van der Waals surface area contributed by atoms with Crippen LogP contribution in [-0.4, -0.2) is 24.9 Å². The van der Waals surface area contributed by atoms with Crippen LogP contribution in [0.25, 0.3) is 0 Å². The SMILES string of the molecule is COC(=O)C1=C[C@@H]2C(=O)N(c3ccccc3)C(=O)[C@@H]2[C@H]1c1ccccc1. The summed E-state index contributed by atoms with van der Waals surface area (Å²) in [6.07, 6.45) is 1.61. The first-order valence-corrected chi connectivity index (χ1v) is 8.41. The van der Waals surface area contributed by atoms with Crippen molar-refractivity contribution >= 4 is 23.5 Å². The molecule has 1 aliphatic carbocycles. The molecule has 4 rings (SSSR count). The maximum atomic E-state index is 13.2. The lowest BCUT2D eigenvalue weighted by Crippen LogP contribution is -2.33. The van der Waals surface area contributed by atoms with Gasteiger partial charge in [0.2, 0.25) is 11.8 Å². The topological polar surface area (TPSA) is 63.7 Å². The molecular formula is C21H17NO4. The van der Waals surface area contributed by atoms with E-state index in [1.807, 2.05) is 36.4 Å². The fraction of sp³-hybridized carbons (Fsp3) is 0.190. The second kappa shape index (κ2) is 6.26. The summed E-state index contributed by atoms with van der Waals surface area (Å²) >= 11 is 0. The Morgan fingerprint density at radius 1 is 0.923 bits per heavy atom. The number of anilines is 1. The van der Waals surface area contributed by atoms with E-state index in [0.29, 0.717) is 11.3 Å². The van der Waals surface area contributed by atoms with Gasteiger partial charge in [0.1, 0.15) is 0 Å². The predicted octanol–water partition coefficient (Wildman–Crippen LogP) is 2.69. The van der Waals surface area contributed by atoms with Crippen LogP contribution in [-0.2, 0) is 19.1 Å². The van der Waals surface area contributed by atoms with Crippen molar-refractivity contribution in [1.82, 2.24) is 0 Å². The standard InChI is InChI=1S/C21H17NO4/c1-26-21(25)16-12-15-18(17(16)13-8-4-2-5-9-13)20(24)22(19(15)23)14-10-6-3-7-11-14/h2-12,15,17-18H,1H3/t15-,17-,18-/m0/s1. The van der Waals surface area contributed by atoms with E-state index in [-0.39, 0.29) is 11.8 Å². The quantitative estimate of drug-likeness (QED) is 0.633. The minimum Gasteiger partial charge on any atom is -0.466 e. The number of esters is 1. The molecule has 0 N–H and O–H groups in total. The van der Waals surface area contributed by atoms with Gasteiger partial charge in [-0.2, -0.15) is 0 Å². The number of methoxy groups -OCH3 is 1. The third-order valence-corrected chi connectivity index (χ3v) is 5.05. The number of ether oxygens (including phenoxy) is 1. The fourth-order valence-electron chi connectivity index (χ4n) is 3.92. The van der Waals surface area contributed by atoms with Gasteiger partial charge >= 0.3 is 5.97 Å². The molecule has 3 atom stereocenters. The van der Waals surface area contributed by atoms with Crippen LogP contribution in [0, 0.1) is 11.8 Å². The average molecular weight is 347 g/mol. The summed E-state index contributed by atoms with van der Waals surface area (Å²) in [6.45, 7) is 0. The van der Waals surface area contributed by atoms with Crippen molar-refractivity contribution in [3.63, 3.8) is 0 Å². The van der Waals surface area contributed by atoms with Crippen LogP contribution >= 0.6 is 0 Å². The number of amides is 2. The second-order valence-electron chi connectivity index (χ2n) is 6.40. The molecule has 1 aliphatic heterocycles. The fourth-order valence-corrected chi connectivity index (χ4v) is 3.92. The predicted molar refractivity (Wildman–Crippen MR) is 95.2 cm³/mol. The minimum absolute atomic E-state index is 0.282. The molecule has 0 aromatic heterocycles. The molecule has 0 bridgehead atoms. The van der Waals surface area contributed by atoms with Gasteiger partial charge in [0.15, 0.2) is 0 Å². The van der Waals surface area contributed by atoms with Crippen LogP contribution < -0.4 is 4.90 Å². The lowest BCUT2D eigenvalue weighted by atomic mass is 9.82. The zero-order chi connectivity index (χ0) is 18.3. The molecule has 130 valence electrons. The average Bonchev–Trinajstić information content (AvgIpc) is 3.19. The summed E-state index contributed by atoms with van der Waals surface area (Å²) in [6, 6.07) is 18.2. The van der Waals surface area contributed by atoms with Gasteiger partial charge in [-0.05, 0) is 17.7 Å². The number of nitrogens with zero attached hydrogens (tertiary/aromatic N) is 1. The molecule has 0 saturated carbocycles. The highest BCUT2D eigenvalue weighted by Crippen LogP contribution is 2.49. The van der Waals surface area contributed by atoms with Gasteiger partial charge in [0.05, 0.1) is 24.6 Å².